The van der Waals surface area contributed by atoms with Gasteiger partial charge in [0.15, 0.2) is 11.3 Å². The smallest absolute Gasteiger partial charge is 0.278 e. The minimum Gasteiger partial charge on any atom is -0.367 e. The molecule has 0 radical (unpaired) electrons. The van der Waals surface area contributed by atoms with E-state index >= 15 is 0 Å². The van der Waals surface area contributed by atoms with E-state index in [9.17, 15) is 4.79 Å². The molecule has 0 spiro atoms. The first-order valence-electron chi connectivity index (χ1n) is 11.9. The number of hydrogen-bond donors (Lipinski definition) is 1. The van der Waals surface area contributed by atoms with Gasteiger partial charge in [-0.3, -0.25) is 9.78 Å². The predicted octanol–water partition coefficient (Wildman–Crippen LogP) is 4.18. The van der Waals surface area contributed by atoms with E-state index in [0.29, 0.717) is 5.56 Å². The molecule has 0 saturated carbocycles. The molecule has 1 atom stereocenters. The average Bonchev–Trinajstić information content (AvgIpc) is 3.47. The largest absolute Gasteiger partial charge is 0.367 e. The number of hydrogen-bond acceptors (Lipinski definition) is 5. The van der Waals surface area contributed by atoms with Gasteiger partial charge in [0.25, 0.3) is 5.56 Å². The van der Waals surface area contributed by atoms with Crippen LogP contribution in [0.1, 0.15) is 49.1 Å². The second kappa shape index (κ2) is 8.13. The lowest BCUT2D eigenvalue weighted by atomic mass is 9.98. The van der Waals surface area contributed by atoms with Crippen LogP contribution in [-0.2, 0) is 0 Å². The fraction of sp³-hybridized carbons (Fsp3) is 0.308. The molecular weight excluding hydrogens is 426 g/mol. The number of benzene rings is 1. The van der Waals surface area contributed by atoms with Gasteiger partial charge in [-0.05, 0) is 26.2 Å². The molecule has 5 heterocycles. The lowest BCUT2D eigenvalue weighted by Gasteiger charge is -2.28. The molecule has 0 amide bonds. The number of nitrogens with one attached hydrogen (secondary N) is 1. The highest BCUT2D eigenvalue weighted by atomic mass is 16.1. The van der Waals surface area contributed by atoms with Gasteiger partial charge in [-0.25, -0.2) is 4.98 Å². The van der Waals surface area contributed by atoms with Crippen molar-refractivity contribution in [3.63, 3.8) is 0 Å². The lowest BCUT2D eigenvalue weighted by Crippen LogP contribution is -2.30. The standard InChI is InChI=1S/C26H27N7O/c1-17(20-16-32-14-11-27-15-21(32)29-20)22-18(2)28-25-24(31-12-7-4-8-13-31)23(30-33(25)26(22)34)19-9-5-3-6-10-19/h3,5-6,9-11,14-17,28H,4,7-8,12-13H2,1-2H3. The molecule has 4 aromatic heterocycles. The van der Waals surface area contributed by atoms with E-state index in [1.807, 2.05) is 48.8 Å². The summed E-state index contributed by atoms with van der Waals surface area (Å²) < 4.78 is 3.49. The van der Waals surface area contributed by atoms with Crippen LogP contribution < -0.4 is 10.5 Å². The molecule has 0 bridgehead atoms. The summed E-state index contributed by atoms with van der Waals surface area (Å²) in [6.07, 6.45) is 10.8. The minimum absolute atomic E-state index is 0.102. The molecule has 6 rings (SSSR count). The van der Waals surface area contributed by atoms with Crippen molar-refractivity contribution in [3.8, 4) is 11.3 Å². The van der Waals surface area contributed by atoms with Crippen LogP contribution >= 0.6 is 0 Å². The van der Waals surface area contributed by atoms with Crippen LogP contribution in [0.3, 0.4) is 0 Å². The Bertz CT molecular complexity index is 1510. The summed E-state index contributed by atoms with van der Waals surface area (Å²) in [5.74, 6) is -0.198. The number of aromatic amines is 1. The number of H-pyrrole nitrogens is 1. The van der Waals surface area contributed by atoms with E-state index < -0.39 is 0 Å². The molecule has 1 unspecified atom stereocenters. The number of nitrogens with zero attached hydrogens (tertiary/aromatic N) is 6. The Balaban J connectivity index is 1.55. The van der Waals surface area contributed by atoms with Crippen molar-refractivity contribution < 1.29 is 0 Å². The lowest BCUT2D eigenvalue weighted by molar-refractivity contribution is 0.579. The van der Waals surface area contributed by atoms with Crippen molar-refractivity contribution in [2.24, 2.45) is 0 Å². The Morgan fingerprint density at radius 3 is 2.65 bits per heavy atom. The zero-order chi connectivity index (χ0) is 23.2. The molecule has 1 aliphatic rings. The zero-order valence-corrected chi connectivity index (χ0v) is 19.4. The third-order valence-electron chi connectivity index (χ3n) is 6.87. The normalized spacial score (nSPS) is 15.3. The number of rotatable bonds is 4. The van der Waals surface area contributed by atoms with Gasteiger partial charge in [0, 0.05) is 54.4 Å². The zero-order valence-electron chi connectivity index (χ0n) is 19.4. The van der Waals surface area contributed by atoms with Crippen LogP contribution in [0, 0.1) is 6.92 Å². The van der Waals surface area contributed by atoms with Gasteiger partial charge in [0.05, 0.1) is 11.9 Å². The van der Waals surface area contributed by atoms with E-state index in [1.54, 1.807) is 16.9 Å². The van der Waals surface area contributed by atoms with E-state index in [-0.39, 0.29) is 11.5 Å². The topological polar surface area (TPSA) is 83.6 Å². The van der Waals surface area contributed by atoms with Crippen LogP contribution in [0.4, 0.5) is 5.69 Å². The second-order valence-corrected chi connectivity index (χ2v) is 9.07. The Morgan fingerprint density at radius 2 is 1.88 bits per heavy atom. The summed E-state index contributed by atoms with van der Waals surface area (Å²) >= 11 is 0. The monoisotopic (exact) mass is 453 g/mol. The summed E-state index contributed by atoms with van der Waals surface area (Å²) in [6, 6.07) is 10.1. The SMILES string of the molecule is Cc1[nH]c2c(N3CCCCC3)c(-c3ccccc3)nn2c(=O)c1C(C)c1cn2ccncc2n1. The molecule has 1 fully saturated rings. The number of piperidine rings is 1. The van der Waals surface area contributed by atoms with Crippen LogP contribution in [0.2, 0.25) is 0 Å². The number of aryl methyl sites for hydroxylation is 1. The molecule has 8 heteroatoms. The first-order chi connectivity index (χ1) is 16.6. The Morgan fingerprint density at radius 1 is 1.09 bits per heavy atom. The van der Waals surface area contributed by atoms with Crippen LogP contribution in [0.15, 0.2) is 59.9 Å². The molecule has 1 N–H and O–H groups in total. The molecule has 1 aliphatic heterocycles. The Hall–Kier alpha value is -3.94. The van der Waals surface area contributed by atoms with Gasteiger partial charge in [0.1, 0.15) is 11.4 Å². The van der Waals surface area contributed by atoms with Crippen LogP contribution in [0.25, 0.3) is 22.6 Å². The Labute approximate surface area is 196 Å². The Kier molecular flexibility index (Phi) is 4.94. The van der Waals surface area contributed by atoms with Crippen molar-refractivity contribution in [1.29, 1.82) is 0 Å². The third kappa shape index (κ3) is 3.29. The van der Waals surface area contributed by atoms with Gasteiger partial charge >= 0.3 is 0 Å². The summed E-state index contributed by atoms with van der Waals surface area (Å²) in [5.41, 5.74) is 6.65. The highest BCUT2D eigenvalue weighted by Gasteiger charge is 2.27. The van der Waals surface area contributed by atoms with E-state index in [4.69, 9.17) is 10.1 Å². The average molecular weight is 454 g/mol. The molecule has 34 heavy (non-hydrogen) atoms. The van der Waals surface area contributed by atoms with Crippen molar-refractivity contribution in [2.45, 2.75) is 39.0 Å². The van der Waals surface area contributed by atoms with E-state index in [1.165, 1.54) is 6.42 Å². The molecule has 0 aliphatic carbocycles. The van der Waals surface area contributed by atoms with E-state index in [2.05, 4.69) is 27.0 Å². The molecular formula is C26H27N7O. The van der Waals surface area contributed by atoms with Gasteiger partial charge < -0.3 is 14.3 Å². The molecule has 5 aromatic rings. The highest BCUT2D eigenvalue weighted by molar-refractivity contribution is 5.86. The molecule has 1 aromatic carbocycles. The predicted molar refractivity (Wildman–Crippen MR) is 133 cm³/mol. The van der Waals surface area contributed by atoms with Crippen molar-refractivity contribution >= 4 is 17.0 Å². The van der Waals surface area contributed by atoms with Gasteiger partial charge in [-0.15, -0.1) is 0 Å². The number of fused-ring (bicyclic) bond motifs is 2. The maximum absolute atomic E-state index is 13.9. The third-order valence-corrected chi connectivity index (χ3v) is 6.87. The maximum atomic E-state index is 13.9. The van der Waals surface area contributed by atoms with Crippen molar-refractivity contribution in [3.05, 3.63) is 82.4 Å². The first-order valence-corrected chi connectivity index (χ1v) is 11.9. The summed E-state index contributed by atoms with van der Waals surface area (Å²) in [6.45, 7) is 5.93. The maximum Gasteiger partial charge on any atom is 0.278 e. The van der Waals surface area contributed by atoms with E-state index in [0.717, 1.165) is 65.6 Å². The van der Waals surface area contributed by atoms with Crippen LogP contribution in [0.5, 0.6) is 0 Å². The first kappa shape index (κ1) is 20.7. The minimum atomic E-state index is -0.198. The summed E-state index contributed by atoms with van der Waals surface area (Å²) in [7, 11) is 0. The van der Waals surface area contributed by atoms with Crippen molar-refractivity contribution in [1.82, 2.24) is 29.0 Å². The highest BCUT2D eigenvalue weighted by Crippen LogP contribution is 2.35. The molecule has 1 saturated heterocycles. The number of anilines is 1. The fourth-order valence-electron chi connectivity index (χ4n) is 5.12. The summed E-state index contributed by atoms with van der Waals surface area (Å²) in [4.78, 5) is 28.7. The van der Waals surface area contributed by atoms with Gasteiger partial charge in [0.2, 0.25) is 0 Å². The van der Waals surface area contributed by atoms with Gasteiger partial charge in [-0.2, -0.15) is 9.61 Å². The number of imidazole rings is 1. The fourth-order valence-corrected chi connectivity index (χ4v) is 5.12. The van der Waals surface area contributed by atoms with Crippen LogP contribution in [-0.4, -0.2) is 42.1 Å². The molecule has 8 nitrogen and oxygen atoms in total. The molecule has 172 valence electrons. The van der Waals surface area contributed by atoms with Crippen molar-refractivity contribution in [2.75, 3.05) is 18.0 Å². The quantitative estimate of drug-likeness (QED) is 0.441. The summed E-state index contributed by atoms with van der Waals surface area (Å²) in [5, 5.41) is 4.87. The second-order valence-electron chi connectivity index (χ2n) is 9.07. The van der Waals surface area contributed by atoms with Gasteiger partial charge in [-0.1, -0.05) is 37.3 Å². The number of aromatic nitrogens is 6.